The first-order valence-corrected chi connectivity index (χ1v) is 7.28. The quantitative estimate of drug-likeness (QED) is 0.807. The van der Waals surface area contributed by atoms with E-state index in [2.05, 4.69) is 15.5 Å². The number of anilines is 2. The summed E-state index contributed by atoms with van der Waals surface area (Å²) in [5.74, 6) is -0.165. The molecular weight excluding hydrogens is 288 g/mol. The van der Waals surface area contributed by atoms with Gasteiger partial charge in [0.2, 0.25) is 5.91 Å². The summed E-state index contributed by atoms with van der Waals surface area (Å²) < 4.78 is 10.1. The van der Waals surface area contributed by atoms with Gasteiger partial charge in [0, 0.05) is 25.1 Å². The number of amides is 1. The Morgan fingerprint density at radius 3 is 2.68 bits per heavy atom. The van der Waals surface area contributed by atoms with Gasteiger partial charge in [0.05, 0.1) is 26.0 Å². The number of ether oxygens (including phenoxy) is 2. The zero-order chi connectivity index (χ0) is 15.5. The molecule has 0 spiro atoms. The normalized spacial score (nSPS) is 18.0. The van der Waals surface area contributed by atoms with Crippen LogP contribution in [0.25, 0.3) is 0 Å². The molecule has 8 nitrogen and oxygen atoms in total. The fraction of sp³-hybridized carbons (Fsp3) is 0.571. The summed E-state index contributed by atoms with van der Waals surface area (Å²) in [4.78, 5) is 25.7. The number of esters is 1. The standard InChI is InChI=1S/C14H18N4O4/c1-21-14(20)12-10(18-4-6-22-7-5-18)8-11(16-17-12)15-13(19)9-2-3-9/h8-9H,2-7H2,1H3,(H,15,16,19). The molecule has 3 rings (SSSR count). The second-order valence-corrected chi connectivity index (χ2v) is 5.32. The Hall–Kier alpha value is -2.22. The first-order valence-electron chi connectivity index (χ1n) is 7.28. The summed E-state index contributed by atoms with van der Waals surface area (Å²) in [6.07, 6.45) is 1.83. The lowest BCUT2D eigenvalue weighted by Gasteiger charge is -2.29. The third kappa shape index (κ3) is 3.16. The number of nitrogens with zero attached hydrogens (tertiary/aromatic N) is 3. The van der Waals surface area contributed by atoms with Crippen molar-refractivity contribution in [1.82, 2.24) is 10.2 Å². The summed E-state index contributed by atoms with van der Waals surface area (Å²) in [6, 6.07) is 1.67. The molecule has 1 amide bonds. The average Bonchev–Trinajstić information content (AvgIpc) is 3.40. The highest BCUT2D eigenvalue weighted by molar-refractivity contribution is 5.96. The van der Waals surface area contributed by atoms with Crippen molar-refractivity contribution >= 4 is 23.4 Å². The van der Waals surface area contributed by atoms with Gasteiger partial charge in [0.25, 0.3) is 0 Å². The molecule has 2 heterocycles. The number of aromatic nitrogens is 2. The molecule has 1 aliphatic carbocycles. The van der Waals surface area contributed by atoms with Crippen LogP contribution in [-0.2, 0) is 14.3 Å². The number of carbonyl (C=O) groups is 2. The van der Waals surface area contributed by atoms with Crippen molar-refractivity contribution in [3.05, 3.63) is 11.8 Å². The van der Waals surface area contributed by atoms with Crippen LogP contribution in [0.2, 0.25) is 0 Å². The van der Waals surface area contributed by atoms with Crippen molar-refractivity contribution in [3.63, 3.8) is 0 Å². The van der Waals surface area contributed by atoms with Crippen LogP contribution in [0.3, 0.4) is 0 Å². The van der Waals surface area contributed by atoms with E-state index in [1.807, 2.05) is 4.90 Å². The van der Waals surface area contributed by atoms with Crippen molar-refractivity contribution in [2.75, 3.05) is 43.6 Å². The molecule has 2 fully saturated rings. The van der Waals surface area contributed by atoms with E-state index in [1.165, 1.54) is 7.11 Å². The Labute approximate surface area is 127 Å². The van der Waals surface area contributed by atoms with E-state index in [-0.39, 0.29) is 17.5 Å². The summed E-state index contributed by atoms with van der Waals surface area (Å²) >= 11 is 0. The van der Waals surface area contributed by atoms with Gasteiger partial charge in [-0.15, -0.1) is 10.2 Å². The van der Waals surface area contributed by atoms with Crippen LogP contribution in [-0.4, -0.2) is 55.5 Å². The topological polar surface area (TPSA) is 93.7 Å². The highest BCUT2D eigenvalue weighted by atomic mass is 16.5. The fourth-order valence-electron chi connectivity index (χ4n) is 2.30. The van der Waals surface area contributed by atoms with Gasteiger partial charge in [-0.25, -0.2) is 4.79 Å². The molecular formula is C14H18N4O4. The van der Waals surface area contributed by atoms with Crippen LogP contribution in [0.15, 0.2) is 6.07 Å². The number of methoxy groups -OCH3 is 1. The second kappa shape index (κ2) is 6.27. The molecule has 0 radical (unpaired) electrons. The summed E-state index contributed by atoms with van der Waals surface area (Å²) in [5.41, 5.74) is 0.755. The minimum Gasteiger partial charge on any atom is -0.464 e. The average molecular weight is 306 g/mol. The van der Waals surface area contributed by atoms with Crippen LogP contribution < -0.4 is 10.2 Å². The van der Waals surface area contributed by atoms with Gasteiger partial charge in [0.1, 0.15) is 0 Å². The van der Waals surface area contributed by atoms with Gasteiger partial charge in [-0.2, -0.15) is 0 Å². The lowest BCUT2D eigenvalue weighted by Crippen LogP contribution is -2.37. The monoisotopic (exact) mass is 306 g/mol. The van der Waals surface area contributed by atoms with E-state index in [0.717, 1.165) is 12.8 Å². The van der Waals surface area contributed by atoms with Crippen molar-refractivity contribution in [2.24, 2.45) is 5.92 Å². The molecule has 1 aromatic heterocycles. The third-order valence-corrected chi connectivity index (χ3v) is 3.70. The van der Waals surface area contributed by atoms with E-state index in [4.69, 9.17) is 9.47 Å². The first kappa shape index (κ1) is 14.7. The third-order valence-electron chi connectivity index (χ3n) is 3.70. The molecule has 1 saturated carbocycles. The van der Waals surface area contributed by atoms with E-state index in [9.17, 15) is 9.59 Å². The van der Waals surface area contributed by atoms with Crippen LogP contribution in [0, 0.1) is 5.92 Å². The van der Waals surface area contributed by atoms with Gasteiger partial charge in [-0.1, -0.05) is 0 Å². The van der Waals surface area contributed by atoms with Crippen LogP contribution in [0.1, 0.15) is 23.3 Å². The molecule has 1 saturated heterocycles. The minimum atomic E-state index is -0.547. The molecule has 0 bridgehead atoms. The van der Waals surface area contributed by atoms with Gasteiger partial charge in [0.15, 0.2) is 11.5 Å². The highest BCUT2D eigenvalue weighted by Crippen LogP contribution is 2.30. The maximum atomic E-state index is 11.9. The van der Waals surface area contributed by atoms with E-state index >= 15 is 0 Å². The Morgan fingerprint density at radius 1 is 1.32 bits per heavy atom. The van der Waals surface area contributed by atoms with Crippen LogP contribution in [0.4, 0.5) is 11.5 Å². The Balaban J connectivity index is 1.86. The Kier molecular flexibility index (Phi) is 4.19. The minimum absolute atomic E-state index is 0.0481. The zero-order valence-corrected chi connectivity index (χ0v) is 12.4. The molecule has 0 atom stereocenters. The highest BCUT2D eigenvalue weighted by Gasteiger charge is 2.30. The Morgan fingerprint density at radius 2 is 2.05 bits per heavy atom. The molecule has 1 aliphatic heterocycles. The van der Waals surface area contributed by atoms with Gasteiger partial charge in [-0.05, 0) is 12.8 Å². The molecule has 8 heteroatoms. The van der Waals surface area contributed by atoms with E-state index in [0.29, 0.717) is 37.8 Å². The van der Waals surface area contributed by atoms with Crippen LogP contribution in [0.5, 0.6) is 0 Å². The summed E-state index contributed by atoms with van der Waals surface area (Å²) in [7, 11) is 1.30. The fourth-order valence-corrected chi connectivity index (χ4v) is 2.30. The van der Waals surface area contributed by atoms with Gasteiger partial charge in [-0.3, -0.25) is 4.79 Å². The van der Waals surface area contributed by atoms with Crippen molar-refractivity contribution in [3.8, 4) is 0 Å². The van der Waals surface area contributed by atoms with Gasteiger partial charge < -0.3 is 19.7 Å². The molecule has 0 unspecified atom stereocenters. The second-order valence-electron chi connectivity index (χ2n) is 5.32. The van der Waals surface area contributed by atoms with Crippen molar-refractivity contribution in [1.29, 1.82) is 0 Å². The van der Waals surface area contributed by atoms with Crippen molar-refractivity contribution < 1.29 is 19.1 Å². The van der Waals surface area contributed by atoms with Gasteiger partial charge >= 0.3 is 5.97 Å². The number of hydrogen-bond donors (Lipinski definition) is 1. The number of morpholine rings is 1. The predicted octanol–water partition coefficient (Wildman–Crippen LogP) is 0.448. The number of carbonyl (C=O) groups excluding carboxylic acids is 2. The summed E-state index contributed by atoms with van der Waals surface area (Å²) in [5, 5.41) is 10.6. The lowest BCUT2D eigenvalue weighted by molar-refractivity contribution is -0.117. The van der Waals surface area contributed by atoms with Crippen LogP contribution >= 0.6 is 0 Å². The first-order chi connectivity index (χ1) is 10.7. The predicted molar refractivity (Wildman–Crippen MR) is 77.8 cm³/mol. The van der Waals surface area contributed by atoms with E-state index < -0.39 is 5.97 Å². The smallest absolute Gasteiger partial charge is 0.360 e. The largest absolute Gasteiger partial charge is 0.464 e. The lowest BCUT2D eigenvalue weighted by atomic mass is 10.2. The number of rotatable bonds is 4. The maximum Gasteiger partial charge on any atom is 0.360 e. The van der Waals surface area contributed by atoms with Crippen molar-refractivity contribution in [2.45, 2.75) is 12.8 Å². The molecule has 1 aromatic rings. The SMILES string of the molecule is COC(=O)c1nnc(NC(=O)C2CC2)cc1N1CCOCC1. The Bertz CT molecular complexity index is 582. The van der Waals surface area contributed by atoms with E-state index in [1.54, 1.807) is 6.07 Å². The number of hydrogen-bond acceptors (Lipinski definition) is 7. The molecule has 1 N–H and O–H groups in total. The molecule has 0 aromatic carbocycles. The molecule has 2 aliphatic rings. The summed E-state index contributed by atoms with van der Waals surface area (Å²) in [6.45, 7) is 2.44. The molecule has 118 valence electrons. The number of nitrogens with one attached hydrogen (secondary N) is 1. The zero-order valence-electron chi connectivity index (χ0n) is 12.4. The molecule has 22 heavy (non-hydrogen) atoms. The maximum absolute atomic E-state index is 11.9.